The maximum Gasteiger partial charge on any atom is 0.241 e. The number of aliphatic hydroxyl groups is 1. The van der Waals surface area contributed by atoms with Crippen LogP contribution in [-0.4, -0.2) is 29.7 Å². The number of anilines is 1. The van der Waals surface area contributed by atoms with Gasteiger partial charge in [-0.15, -0.1) is 12.4 Å². The van der Waals surface area contributed by atoms with Crippen molar-refractivity contribution in [2.75, 3.05) is 11.9 Å². The fourth-order valence-corrected chi connectivity index (χ4v) is 3.37. The van der Waals surface area contributed by atoms with E-state index in [1.54, 1.807) is 0 Å². The Morgan fingerprint density at radius 2 is 1.91 bits per heavy atom. The van der Waals surface area contributed by atoms with Crippen molar-refractivity contribution in [1.82, 2.24) is 5.32 Å². The van der Waals surface area contributed by atoms with E-state index in [4.69, 9.17) is 0 Å². The SMILES string of the molecule is Cl.O=C(Nc1ccc2c(c1)Cc1ccccc1-2)C1CC(O)CN1. The lowest BCUT2D eigenvalue weighted by Gasteiger charge is -2.12. The lowest BCUT2D eigenvalue weighted by atomic mass is 10.1. The van der Waals surface area contributed by atoms with Gasteiger partial charge in [0, 0.05) is 12.2 Å². The summed E-state index contributed by atoms with van der Waals surface area (Å²) in [6.07, 6.45) is 0.961. The van der Waals surface area contributed by atoms with Gasteiger partial charge in [-0.25, -0.2) is 0 Å². The molecular formula is C18H19ClN2O2. The van der Waals surface area contributed by atoms with Gasteiger partial charge < -0.3 is 15.7 Å². The number of β-amino-alcohol motifs (C(OH)–C–C–N with tert-alkyl or cyclic N) is 1. The number of amides is 1. The topological polar surface area (TPSA) is 61.4 Å². The molecule has 1 aliphatic carbocycles. The van der Waals surface area contributed by atoms with E-state index in [1.807, 2.05) is 6.07 Å². The summed E-state index contributed by atoms with van der Waals surface area (Å²) in [5.74, 6) is -0.0768. The highest BCUT2D eigenvalue weighted by Gasteiger charge is 2.28. The van der Waals surface area contributed by atoms with Crippen LogP contribution in [0.1, 0.15) is 17.5 Å². The Morgan fingerprint density at radius 3 is 2.70 bits per heavy atom. The molecular weight excluding hydrogens is 312 g/mol. The summed E-state index contributed by atoms with van der Waals surface area (Å²) in [5.41, 5.74) is 5.94. The molecule has 4 nitrogen and oxygen atoms in total. The van der Waals surface area contributed by atoms with Crippen molar-refractivity contribution < 1.29 is 9.90 Å². The fraction of sp³-hybridized carbons (Fsp3) is 0.278. The van der Waals surface area contributed by atoms with Crippen LogP contribution in [0.25, 0.3) is 11.1 Å². The van der Waals surface area contributed by atoms with Gasteiger partial charge in [-0.2, -0.15) is 0 Å². The summed E-state index contributed by atoms with van der Waals surface area (Å²) >= 11 is 0. The van der Waals surface area contributed by atoms with E-state index in [0.717, 1.165) is 12.1 Å². The lowest BCUT2D eigenvalue weighted by Crippen LogP contribution is -2.35. The van der Waals surface area contributed by atoms with Gasteiger partial charge in [0.25, 0.3) is 0 Å². The molecule has 2 unspecified atom stereocenters. The van der Waals surface area contributed by atoms with Gasteiger partial charge in [0.15, 0.2) is 0 Å². The predicted octanol–water partition coefficient (Wildman–Crippen LogP) is 2.34. The van der Waals surface area contributed by atoms with Gasteiger partial charge in [0.1, 0.15) is 0 Å². The highest BCUT2D eigenvalue weighted by atomic mass is 35.5. The van der Waals surface area contributed by atoms with Crippen LogP contribution in [0.4, 0.5) is 5.69 Å². The summed E-state index contributed by atoms with van der Waals surface area (Å²) in [7, 11) is 0. The lowest BCUT2D eigenvalue weighted by molar-refractivity contribution is -0.117. The third-order valence-corrected chi connectivity index (χ3v) is 4.49. The molecule has 4 rings (SSSR count). The molecule has 5 heteroatoms. The largest absolute Gasteiger partial charge is 0.392 e. The van der Waals surface area contributed by atoms with E-state index in [0.29, 0.717) is 13.0 Å². The predicted molar refractivity (Wildman–Crippen MR) is 93.0 cm³/mol. The smallest absolute Gasteiger partial charge is 0.241 e. The number of aliphatic hydroxyl groups excluding tert-OH is 1. The zero-order valence-corrected chi connectivity index (χ0v) is 13.4. The fourth-order valence-electron chi connectivity index (χ4n) is 3.37. The second kappa shape index (κ2) is 6.32. The average molecular weight is 331 g/mol. The van der Waals surface area contributed by atoms with Crippen molar-refractivity contribution in [2.45, 2.75) is 25.0 Å². The Kier molecular flexibility index (Phi) is 4.39. The number of fused-ring (bicyclic) bond motifs is 3. The number of hydrogen-bond acceptors (Lipinski definition) is 3. The van der Waals surface area contributed by atoms with E-state index < -0.39 is 6.10 Å². The molecule has 1 saturated heterocycles. The van der Waals surface area contributed by atoms with E-state index in [2.05, 4.69) is 47.0 Å². The Balaban J connectivity index is 0.00000156. The zero-order valence-electron chi connectivity index (χ0n) is 12.6. The normalized spacial score (nSPS) is 21.3. The summed E-state index contributed by atoms with van der Waals surface area (Å²) in [4.78, 5) is 12.2. The molecule has 2 aliphatic rings. The number of nitrogens with one attached hydrogen (secondary N) is 2. The minimum Gasteiger partial charge on any atom is -0.392 e. The van der Waals surface area contributed by atoms with Gasteiger partial charge in [-0.05, 0) is 47.2 Å². The molecule has 2 atom stereocenters. The highest BCUT2D eigenvalue weighted by molar-refractivity contribution is 5.95. The molecule has 1 fully saturated rings. The summed E-state index contributed by atoms with van der Waals surface area (Å²) < 4.78 is 0. The minimum atomic E-state index is -0.426. The molecule has 2 aromatic rings. The number of rotatable bonds is 2. The number of halogens is 1. The van der Waals surface area contributed by atoms with E-state index in [1.165, 1.54) is 22.3 Å². The first-order valence-corrected chi connectivity index (χ1v) is 7.64. The zero-order chi connectivity index (χ0) is 15.1. The molecule has 23 heavy (non-hydrogen) atoms. The van der Waals surface area contributed by atoms with Crippen LogP contribution in [0, 0.1) is 0 Å². The van der Waals surface area contributed by atoms with Crippen LogP contribution in [0.2, 0.25) is 0 Å². The quantitative estimate of drug-likeness (QED) is 0.676. The molecule has 3 N–H and O–H groups in total. The first kappa shape index (κ1) is 16.0. The van der Waals surface area contributed by atoms with E-state index in [-0.39, 0.29) is 24.4 Å². The molecule has 1 aliphatic heterocycles. The Morgan fingerprint density at radius 1 is 1.13 bits per heavy atom. The highest BCUT2D eigenvalue weighted by Crippen LogP contribution is 2.37. The van der Waals surface area contributed by atoms with Crippen LogP contribution in [0.5, 0.6) is 0 Å². The number of carbonyl (C=O) groups is 1. The van der Waals surface area contributed by atoms with E-state index >= 15 is 0 Å². The first-order chi connectivity index (χ1) is 10.7. The first-order valence-electron chi connectivity index (χ1n) is 7.64. The molecule has 120 valence electrons. The van der Waals surface area contributed by atoms with Gasteiger partial charge in [0.05, 0.1) is 12.1 Å². The minimum absolute atomic E-state index is 0. The number of benzene rings is 2. The third-order valence-electron chi connectivity index (χ3n) is 4.49. The monoisotopic (exact) mass is 330 g/mol. The van der Waals surface area contributed by atoms with E-state index in [9.17, 15) is 9.90 Å². The molecule has 1 amide bonds. The van der Waals surface area contributed by atoms with Crippen molar-refractivity contribution in [3.05, 3.63) is 53.6 Å². The van der Waals surface area contributed by atoms with Crippen LogP contribution in [-0.2, 0) is 11.2 Å². The maximum absolute atomic E-state index is 12.2. The van der Waals surface area contributed by atoms with Crippen molar-refractivity contribution in [3.63, 3.8) is 0 Å². The standard InChI is InChI=1S/C18H18N2O2.ClH/c21-14-9-17(19-10-14)18(22)20-13-5-6-16-12(8-13)7-11-3-1-2-4-15(11)16;/h1-6,8,14,17,19,21H,7,9-10H2,(H,20,22);1H. The molecule has 2 aromatic carbocycles. The van der Waals surface area contributed by atoms with Gasteiger partial charge in [-0.3, -0.25) is 4.79 Å². The molecule has 0 aromatic heterocycles. The van der Waals surface area contributed by atoms with Crippen molar-refractivity contribution in [2.24, 2.45) is 0 Å². The van der Waals surface area contributed by atoms with Gasteiger partial charge >= 0.3 is 0 Å². The average Bonchev–Trinajstić information content (AvgIpc) is 3.10. The Bertz CT molecular complexity index is 748. The van der Waals surface area contributed by atoms with Crippen molar-refractivity contribution >= 4 is 24.0 Å². The number of hydrogen-bond donors (Lipinski definition) is 3. The Labute approximate surface area is 141 Å². The van der Waals surface area contributed by atoms with Crippen molar-refractivity contribution in [1.29, 1.82) is 0 Å². The van der Waals surface area contributed by atoms with Crippen molar-refractivity contribution in [3.8, 4) is 11.1 Å². The van der Waals surface area contributed by atoms with Crippen LogP contribution in [0.15, 0.2) is 42.5 Å². The second-order valence-electron chi connectivity index (χ2n) is 6.05. The van der Waals surface area contributed by atoms with Crippen LogP contribution < -0.4 is 10.6 Å². The van der Waals surface area contributed by atoms with Crippen LogP contribution >= 0.6 is 12.4 Å². The maximum atomic E-state index is 12.2. The van der Waals surface area contributed by atoms with Crippen LogP contribution in [0.3, 0.4) is 0 Å². The number of carbonyl (C=O) groups excluding carboxylic acids is 1. The summed E-state index contributed by atoms with van der Waals surface area (Å²) in [5, 5.41) is 15.5. The molecule has 1 heterocycles. The summed E-state index contributed by atoms with van der Waals surface area (Å²) in [6.45, 7) is 0.484. The summed E-state index contributed by atoms with van der Waals surface area (Å²) in [6, 6.07) is 14.2. The van der Waals surface area contributed by atoms with Gasteiger partial charge in [-0.1, -0.05) is 30.3 Å². The Hall–Kier alpha value is -1.88. The van der Waals surface area contributed by atoms with Gasteiger partial charge in [0.2, 0.25) is 5.91 Å². The molecule has 0 radical (unpaired) electrons. The molecule has 0 bridgehead atoms. The molecule has 0 saturated carbocycles. The molecule has 0 spiro atoms. The second-order valence-corrected chi connectivity index (χ2v) is 6.05. The third kappa shape index (κ3) is 2.98.